The Balaban J connectivity index is 3.12. The van der Waals surface area contributed by atoms with Crippen LogP contribution in [0.25, 0.3) is 5.70 Å². The smallest absolute Gasteiger partial charge is 0.127 e. The molecule has 12 heavy (non-hydrogen) atoms. The molecule has 0 amide bonds. The molecule has 0 aromatic carbocycles. The summed E-state index contributed by atoms with van der Waals surface area (Å²) in [7, 11) is 0. The molecule has 1 heterocycles. The van der Waals surface area contributed by atoms with Crippen LogP contribution >= 0.6 is 0 Å². The van der Waals surface area contributed by atoms with Crippen LogP contribution in [-0.4, -0.2) is 9.78 Å². The molecule has 0 saturated heterocycles. The van der Waals surface area contributed by atoms with E-state index in [1.54, 1.807) is 17.7 Å². The number of rotatable bonds is 1. The van der Waals surface area contributed by atoms with Crippen LogP contribution in [-0.2, 0) is 0 Å². The molecule has 0 bridgehead atoms. The zero-order valence-corrected chi connectivity index (χ0v) is 7.07. The Kier molecular flexibility index (Phi) is 2.15. The molecule has 62 valence electrons. The van der Waals surface area contributed by atoms with Crippen molar-refractivity contribution in [2.45, 2.75) is 13.8 Å². The summed E-state index contributed by atoms with van der Waals surface area (Å²) in [6, 6.07) is 3.68. The van der Waals surface area contributed by atoms with E-state index in [0.717, 1.165) is 11.4 Å². The SMILES string of the molecule is CC(=CC#N)n1nc(C)cc1N. The molecule has 1 rings (SSSR count). The van der Waals surface area contributed by atoms with Gasteiger partial charge in [0.1, 0.15) is 5.82 Å². The molecule has 4 heteroatoms. The Bertz CT molecular complexity index is 354. The normalized spacial score (nSPS) is 11.2. The van der Waals surface area contributed by atoms with Crippen molar-refractivity contribution in [3.05, 3.63) is 17.8 Å². The first-order chi connectivity index (χ1) is 5.65. The summed E-state index contributed by atoms with van der Waals surface area (Å²) in [5.41, 5.74) is 7.19. The minimum Gasteiger partial charge on any atom is -0.384 e. The average Bonchev–Trinajstić information content (AvgIpc) is 2.30. The number of aryl methyl sites for hydroxylation is 1. The van der Waals surface area contributed by atoms with Crippen molar-refractivity contribution in [3.63, 3.8) is 0 Å². The molecule has 1 aromatic rings. The Morgan fingerprint density at radius 1 is 1.83 bits per heavy atom. The third kappa shape index (κ3) is 1.45. The molecule has 2 N–H and O–H groups in total. The fraction of sp³-hybridized carbons (Fsp3) is 0.250. The first-order valence-corrected chi connectivity index (χ1v) is 3.54. The third-order valence-corrected chi connectivity index (χ3v) is 1.47. The van der Waals surface area contributed by atoms with Crippen LogP contribution < -0.4 is 5.73 Å². The van der Waals surface area contributed by atoms with Gasteiger partial charge in [0.2, 0.25) is 0 Å². The molecule has 0 fully saturated rings. The van der Waals surface area contributed by atoms with Gasteiger partial charge in [0.25, 0.3) is 0 Å². The lowest BCUT2D eigenvalue weighted by atomic mass is 10.4. The van der Waals surface area contributed by atoms with E-state index >= 15 is 0 Å². The monoisotopic (exact) mass is 162 g/mol. The van der Waals surface area contributed by atoms with Gasteiger partial charge in [0.15, 0.2) is 0 Å². The van der Waals surface area contributed by atoms with Crippen LogP contribution in [0, 0.1) is 18.3 Å². The van der Waals surface area contributed by atoms with Crippen molar-refractivity contribution in [1.29, 1.82) is 5.26 Å². The highest BCUT2D eigenvalue weighted by Crippen LogP contribution is 2.11. The fourth-order valence-electron chi connectivity index (χ4n) is 0.957. The van der Waals surface area contributed by atoms with E-state index in [1.807, 2.05) is 13.0 Å². The van der Waals surface area contributed by atoms with Crippen molar-refractivity contribution in [2.75, 3.05) is 5.73 Å². The van der Waals surface area contributed by atoms with E-state index in [9.17, 15) is 0 Å². The highest BCUT2D eigenvalue weighted by molar-refractivity contribution is 5.52. The predicted molar refractivity (Wildman–Crippen MR) is 46.9 cm³/mol. The van der Waals surface area contributed by atoms with Gasteiger partial charge in [0, 0.05) is 12.1 Å². The largest absolute Gasteiger partial charge is 0.384 e. The molecule has 0 aliphatic carbocycles. The van der Waals surface area contributed by atoms with Gasteiger partial charge in [-0.25, -0.2) is 4.68 Å². The summed E-state index contributed by atoms with van der Waals surface area (Å²) in [5, 5.41) is 12.5. The fourth-order valence-corrected chi connectivity index (χ4v) is 0.957. The molecule has 1 aromatic heterocycles. The van der Waals surface area contributed by atoms with Crippen LogP contribution in [0.15, 0.2) is 12.1 Å². The average molecular weight is 162 g/mol. The molecular formula is C8H10N4. The van der Waals surface area contributed by atoms with Crippen LogP contribution in [0.4, 0.5) is 5.82 Å². The predicted octanol–water partition coefficient (Wildman–Crippen LogP) is 1.16. The number of nitrogen functional groups attached to an aromatic ring is 1. The van der Waals surface area contributed by atoms with Crippen molar-refractivity contribution >= 4 is 11.5 Å². The lowest BCUT2D eigenvalue weighted by Gasteiger charge is -2.00. The van der Waals surface area contributed by atoms with Crippen LogP contribution in [0.2, 0.25) is 0 Å². The van der Waals surface area contributed by atoms with Crippen molar-refractivity contribution in [3.8, 4) is 6.07 Å². The molecule has 0 aliphatic heterocycles. The van der Waals surface area contributed by atoms with Crippen molar-refractivity contribution in [2.24, 2.45) is 0 Å². The van der Waals surface area contributed by atoms with Gasteiger partial charge < -0.3 is 5.73 Å². The molecule has 0 unspecified atom stereocenters. The molecule has 0 aliphatic rings. The van der Waals surface area contributed by atoms with E-state index in [2.05, 4.69) is 5.10 Å². The topological polar surface area (TPSA) is 67.6 Å². The summed E-state index contributed by atoms with van der Waals surface area (Å²) >= 11 is 0. The third-order valence-electron chi connectivity index (χ3n) is 1.47. The van der Waals surface area contributed by atoms with Gasteiger partial charge in [-0.2, -0.15) is 10.4 Å². The summed E-state index contributed by atoms with van der Waals surface area (Å²) in [4.78, 5) is 0. The van der Waals surface area contributed by atoms with Gasteiger partial charge in [-0.1, -0.05) is 0 Å². The summed E-state index contributed by atoms with van der Waals surface area (Å²) in [6.45, 7) is 3.64. The number of aromatic nitrogens is 2. The van der Waals surface area contributed by atoms with E-state index in [-0.39, 0.29) is 0 Å². The van der Waals surface area contributed by atoms with E-state index in [1.165, 1.54) is 6.08 Å². The Morgan fingerprint density at radius 2 is 2.50 bits per heavy atom. The second kappa shape index (κ2) is 3.09. The first kappa shape index (κ1) is 8.34. The molecule has 0 saturated carbocycles. The zero-order valence-electron chi connectivity index (χ0n) is 7.07. The second-order valence-electron chi connectivity index (χ2n) is 2.54. The van der Waals surface area contributed by atoms with Gasteiger partial charge in [-0.3, -0.25) is 0 Å². The lowest BCUT2D eigenvalue weighted by Crippen LogP contribution is -2.01. The standard InChI is InChI=1S/C8H10N4/c1-6-5-8(10)12(11-6)7(2)3-4-9/h3,5H,10H2,1-2H3. The maximum atomic E-state index is 8.39. The maximum absolute atomic E-state index is 8.39. The first-order valence-electron chi connectivity index (χ1n) is 3.54. The highest BCUT2D eigenvalue weighted by Gasteiger charge is 2.01. The Hall–Kier alpha value is -1.76. The van der Waals surface area contributed by atoms with Crippen LogP contribution in [0.5, 0.6) is 0 Å². The van der Waals surface area contributed by atoms with E-state index in [4.69, 9.17) is 11.0 Å². The number of nitrogens with two attached hydrogens (primary N) is 1. The summed E-state index contributed by atoms with van der Waals surface area (Å²) < 4.78 is 1.54. The number of allylic oxidation sites excluding steroid dienone is 2. The molecule has 0 atom stereocenters. The number of nitrogens with zero attached hydrogens (tertiary/aromatic N) is 3. The minimum atomic E-state index is 0.552. The summed E-state index contributed by atoms with van der Waals surface area (Å²) in [5.74, 6) is 0.552. The van der Waals surface area contributed by atoms with Crippen LogP contribution in [0.1, 0.15) is 12.6 Å². The highest BCUT2D eigenvalue weighted by atomic mass is 15.3. The summed E-state index contributed by atoms with van der Waals surface area (Å²) in [6.07, 6.45) is 1.41. The van der Waals surface area contributed by atoms with E-state index in [0.29, 0.717) is 5.82 Å². The van der Waals surface area contributed by atoms with Gasteiger partial charge in [-0.15, -0.1) is 0 Å². The van der Waals surface area contributed by atoms with Gasteiger partial charge in [0.05, 0.1) is 17.5 Å². The Labute approximate surface area is 70.9 Å². The van der Waals surface area contributed by atoms with Gasteiger partial charge in [-0.05, 0) is 13.8 Å². The zero-order chi connectivity index (χ0) is 9.14. The molecule has 0 spiro atoms. The van der Waals surface area contributed by atoms with Crippen LogP contribution in [0.3, 0.4) is 0 Å². The Morgan fingerprint density at radius 3 is 2.92 bits per heavy atom. The number of hydrogen-bond acceptors (Lipinski definition) is 3. The molecule has 4 nitrogen and oxygen atoms in total. The number of anilines is 1. The maximum Gasteiger partial charge on any atom is 0.127 e. The molecule has 0 radical (unpaired) electrons. The van der Waals surface area contributed by atoms with E-state index < -0.39 is 0 Å². The minimum absolute atomic E-state index is 0.552. The number of hydrogen-bond donors (Lipinski definition) is 1. The quantitative estimate of drug-likeness (QED) is 0.630. The lowest BCUT2D eigenvalue weighted by molar-refractivity contribution is 0.886. The van der Waals surface area contributed by atoms with Crippen molar-refractivity contribution in [1.82, 2.24) is 9.78 Å². The second-order valence-corrected chi connectivity index (χ2v) is 2.54. The van der Waals surface area contributed by atoms with Crippen molar-refractivity contribution < 1.29 is 0 Å². The molecular weight excluding hydrogens is 152 g/mol. The van der Waals surface area contributed by atoms with Gasteiger partial charge >= 0.3 is 0 Å². The number of nitriles is 1.